The van der Waals surface area contributed by atoms with E-state index in [2.05, 4.69) is 4.98 Å². The van der Waals surface area contributed by atoms with E-state index in [9.17, 15) is 18.8 Å². The third-order valence-electron chi connectivity index (χ3n) is 8.03. The van der Waals surface area contributed by atoms with Crippen molar-refractivity contribution < 1.29 is 37.3 Å². The number of carbonyl (C=O) groups excluding carboxylic acids is 2. The van der Waals surface area contributed by atoms with E-state index >= 15 is 4.39 Å². The van der Waals surface area contributed by atoms with Crippen LogP contribution >= 0.6 is 11.3 Å². The van der Waals surface area contributed by atoms with Gasteiger partial charge in [0.05, 0.1) is 41.9 Å². The predicted octanol–water partition coefficient (Wildman–Crippen LogP) is 4.32. The second-order valence-corrected chi connectivity index (χ2v) is 11.6. The first kappa shape index (κ1) is 29.1. The number of halogens is 2. The average molecular weight is 637 g/mol. The fourth-order valence-corrected chi connectivity index (χ4v) is 7.05. The molecule has 1 amide bonds. The zero-order valence-electron chi connectivity index (χ0n) is 24.1. The summed E-state index contributed by atoms with van der Waals surface area (Å²) in [6.45, 7) is 2.12. The molecular weight excluding hydrogens is 610 g/mol. The van der Waals surface area contributed by atoms with Gasteiger partial charge in [0.25, 0.3) is 5.91 Å². The molecule has 0 radical (unpaired) electrons. The molecule has 0 bridgehead atoms. The number of nitrogens with zero attached hydrogens (tertiary/aromatic N) is 4. The van der Waals surface area contributed by atoms with Crippen LogP contribution in [0.5, 0.6) is 5.75 Å². The number of pyridine rings is 1. The molecule has 3 atom stereocenters. The topological polar surface area (TPSA) is 112 Å². The van der Waals surface area contributed by atoms with E-state index in [-0.39, 0.29) is 37.6 Å². The minimum absolute atomic E-state index is 0.0117. The zero-order chi connectivity index (χ0) is 31.4. The van der Waals surface area contributed by atoms with Crippen LogP contribution in [0.4, 0.5) is 13.6 Å². The molecule has 0 saturated carbocycles. The molecule has 1 saturated heterocycles. The quantitative estimate of drug-likeness (QED) is 0.296. The van der Waals surface area contributed by atoms with Crippen LogP contribution in [0.3, 0.4) is 0 Å². The lowest BCUT2D eigenvalue weighted by atomic mass is 9.92. The average Bonchev–Trinajstić information content (AvgIpc) is 3.47. The highest BCUT2D eigenvalue weighted by Crippen LogP contribution is 2.50. The van der Waals surface area contributed by atoms with Gasteiger partial charge in [-0.05, 0) is 29.7 Å². The van der Waals surface area contributed by atoms with Crippen molar-refractivity contribution >= 4 is 23.4 Å². The van der Waals surface area contributed by atoms with E-state index in [1.54, 1.807) is 17.4 Å². The highest BCUT2D eigenvalue weighted by Gasteiger charge is 2.47. The van der Waals surface area contributed by atoms with Gasteiger partial charge in [-0.3, -0.25) is 19.3 Å². The first-order valence-corrected chi connectivity index (χ1v) is 15.0. The minimum atomic E-state index is -1.19. The van der Waals surface area contributed by atoms with Crippen LogP contribution in [0.2, 0.25) is 0 Å². The van der Waals surface area contributed by atoms with Gasteiger partial charge in [-0.25, -0.2) is 18.6 Å². The Morgan fingerprint density at radius 1 is 1.16 bits per heavy atom. The largest absolute Gasteiger partial charge is 0.514 e. The normalized spacial score (nSPS) is 19.0. The van der Waals surface area contributed by atoms with Crippen LogP contribution in [-0.4, -0.2) is 72.4 Å². The van der Waals surface area contributed by atoms with Crippen molar-refractivity contribution in [3.63, 3.8) is 0 Å². The van der Waals surface area contributed by atoms with Crippen LogP contribution in [0, 0.1) is 11.6 Å². The minimum Gasteiger partial charge on any atom is -0.429 e. The van der Waals surface area contributed by atoms with Crippen LogP contribution in [0.15, 0.2) is 59.0 Å². The summed E-state index contributed by atoms with van der Waals surface area (Å²) in [6.07, 6.45) is -1.22. The smallest absolute Gasteiger partial charge is 0.429 e. The highest BCUT2D eigenvalue weighted by molar-refractivity contribution is 7.13. The molecule has 2 aliphatic heterocycles. The Labute approximate surface area is 259 Å². The second kappa shape index (κ2) is 11.4. The number of benzene rings is 2. The number of thiazole rings is 1. The summed E-state index contributed by atoms with van der Waals surface area (Å²) in [5.41, 5.74) is 2.76. The number of amides is 1. The van der Waals surface area contributed by atoms with Crippen molar-refractivity contribution in [3.8, 4) is 27.4 Å². The number of carbonyl (C=O) groups is 2. The SMILES string of the molecule is COC[C@@H](C)OC(=O)Oc1c2n(ccc1=O)N([C@@H]1c3ccccc3-c3scnc3-c3c1ccc(F)c3F)[C@@H]1COCCN1C2=O. The lowest BCUT2D eigenvalue weighted by Crippen LogP contribution is -2.66. The molecule has 0 unspecified atom stereocenters. The lowest BCUT2D eigenvalue weighted by molar-refractivity contribution is -0.0199. The van der Waals surface area contributed by atoms with Crippen molar-refractivity contribution in [1.82, 2.24) is 14.6 Å². The fourth-order valence-electron chi connectivity index (χ4n) is 6.20. The van der Waals surface area contributed by atoms with Gasteiger partial charge >= 0.3 is 6.16 Å². The molecule has 3 aliphatic rings. The molecule has 4 aromatic rings. The lowest BCUT2D eigenvalue weighted by Gasteiger charge is -2.51. The van der Waals surface area contributed by atoms with Crippen LogP contribution < -0.4 is 15.2 Å². The Bertz CT molecular complexity index is 1900. The maximum atomic E-state index is 15.8. The van der Waals surface area contributed by atoms with Gasteiger partial charge in [-0.2, -0.15) is 0 Å². The summed E-state index contributed by atoms with van der Waals surface area (Å²) in [6, 6.07) is 10.3. The Kier molecular flexibility index (Phi) is 7.34. The molecule has 11 nitrogen and oxygen atoms in total. The standard InChI is InChI=1S/C31H26F2N4O7S/c1-16(13-41-2)43-31(40)44-28-21(38)9-10-36-27(28)30(39)35-11-12-42-14-22(35)37(36)26-17-5-3-4-6-18(17)29-25(34-15-45-29)23-19(26)7-8-20(32)24(23)33/h3-10,15-16,22,26H,11-14H2,1-2H3/t16-,22-,26-/m1/s1. The van der Waals surface area contributed by atoms with Gasteiger partial charge in [0.15, 0.2) is 17.3 Å². The monoisotopic (exact) mass is 636 g/mol. The zero-order valence-corrected chi connectivity index (χ0v) is 24.9. The van der Waals surface area contributed by atoms with Gasteiger partial charge in [0.1, 0.15) is 12.3 Å². The number of aromatic nitrogens is 2. The maximum Gasteiger partial charge on any atom is 0.514 e. The third-order valence-corrected chi connectivity index (χ3v) is 8.89. The number of methoxy groups -OCH3 is 1. The number of rotatable bonds is 5. The Balaban J connectivity index is 1.47. The first-order chi connectivity index (χ1) is 21.8. The van der Waals surface area contributed by atoms with Crippen molar-refractivity contribution in [2.24, 2.45) is 0 Å². The molecule has 0 spiro atoms. The number of hydrogen-bond acceptors (Lipinski definition) is 10. The van der Waals surface area contributed by atoms with E-state index in [1.165, 1.54) is 40.3 Å². The first-order valence-electron chi connectivity index (χ1n) is 14.1. The third kappa shape index (κ3) is 4.67. The summed E-state index contributed by atoms with van der Waals surface area (Å²) in [5, 5.41) is 1.77. The number of ether oxygens (including phenoxy) is 4. The number of morpholine rings is 1. The summed E-state index contributed by atoms with van der Waals surface area (Å²) in [4.78, 5) is 46.6. The number of hydrogen-bond donors (Lipinski definition) is 0. The number of fused-ring (bicyclic) bond motifs is 7. The Morgan fingerprint density at radius 3 is 2.80 bits per heavy atom. The molecular formula is C31H26F2N4O7S. The molecule has 2 aromatic carbocycles. The molecule has 7 rings (SSSR count). The molecule has 1 fully saturated rings. The molecule has 2 aromatic heterocycles. The van der Waals surface area contributed by atoms with Crippen molar-refractivity contribution in [2.75, 3.05) is 38.5 Å². The molecule has 45 heavy (non-hydrogen) atoms. The second-order valence-electron chi connectivity index (χ2n) is 10.7. The van der Waals surface area contributed by atoms with Crippen LogP contribution in [-0.2, 0) is 14.2 Å². The van der Waals surface area contributed by atoms with Crippen LogP contribution in [0.25, 0.3) is 21.7 Å². The summed E-state index contributed by atoms with van der Waals surface area (Å²) >= 11 is 1.30. The predicted molar refractivity (Wildman–Crippen MR) is 158 cm³/mol. The summed E-state index contributed by atoms with van der Waals surface area (Å²) in [7, 11) is 1.44. The van der Waals surface area contributed by atoms with Crippen molar-refractivity contribution in [2.45, 2.75) is 25.2 Å². The summed E-state index contributed by atoms with van der Waals surface area (Å²) in [5.74, 6) is -3.19. The fraction of sp³-hybridized carbons (Fsp3) is 0.290. The highest BCUT2D eigenvalue weighted by atomic mass is 32.1. The summed E-state index contributed by atoms with van der Waals surface area (Å²) < 4.78 is 53.6. The molecule has 0 N–H and O–H groups in total. The van der Waals surface area contributed by atoms with Crippen molar-refractivity contribution in [3.05, 3.63) is 92.9 Å². The Morgan fingerprint density at radius 2 is 1.98 bits per heavy atom. The van der Waals surface area contributed by atoms with Crippen LogP contribution in [0.1, 0.15) is 34.6 Å². The molecule has 14 heteroatoms. The van der Waals surface area contributed by atoms with Gasteiger partial charge in [-0.15, -0.1) is 11.3 Å². The van der Waals surface area contributed by atoms with Gasteiger partial charge < -0.3 is 23.8 Å². The maximum absolute atomic E-state index is 15.8. The van der Waals surface area contributed by atoms with E-state index in [0.717, 1.165) is 17.7 Å². The van der Waals surface area contributed by atoms with Gasteiger partial charge in [-0.1, -0.05) is 30.3 Å². The molecule has 1 aliphatic carbocycles. The Hall–Kier alpha value is -4.66. The van der Waals surface area contributed by atoms with E-state index in [4.69, 9.17) is 18.9 Å². The van der Waals surface area contributed by atoms with Gasteiger partial charge in [0.2, 0.25) is 11.2 Å². The molecule has 4 heterocycles. The van der Waals surface area contributed by atoms with E-state index < -0.39 is 53.2 Å². The van der Waals surface area contributed by atoms with Crippen molar-refractivity contribution in [1.29, 1.82) is 0 Å². The van der Waals surface area contributed by atoms with E-state index in [0.29, 0.717) is 21.7 Å². The molecule has 232 valence electrons. The van der Waals surface area contributed by atoms with E-state index in [1.807, 2.05) is 24.3 Å². The van der Waals surface area contributed by atoms with Gasteiger partial charge in [0, 0.05) is 31.5 Å².